The van der Waals surface area contributed by atoms with Gasteiger partial charge in [-0.1, -0.05) is 0 Å². The molecule has 0 saturated heterocycles. The molecular weight excluding hydrogens is 400 g/mol. The van der Waals surface area contributed by atoms with E-state index in [2.05, 4.69) is 15.6 Å². The zero-order valence-corrected chi connectivity index (χ0v) is 18.4. The van der Waals surface area contributed by atoms with Crippen LogP contribution >= 0.6 is 11.3 Å². The zero-order valence-electron chi connectivity index (χ0n) is 17.6. The first-order chi connectivity index (χ1) is 14.7. The second kappa shape index (κ2) is 10.5. The van der Waals surface area contributed by atoms with Gasteiger partial charge in [0.25, 0.3) is 0 Å². The molecule has 0 saturated carbocycles. The average molecular weight is 427 g/mol. The SMILES string of the molecule is CCOc1cc(NC(=NC)NCc2csc(-c3ccc(OC)cc3)n2)ccc1OC. The van der Waals surface area contributed by atoms with Crippen LogP contribution in [0.25, 0.3) is 10.6 Å². The number of nitrogens with one attached hydrogen (secondary N) is 2. The lowest BCUT2D eigenvalue weighted by atomic mass is 10.2. The maximum Gasteiger partial charge on any atom is 0.195 e. The van der Waals surface area contributed by atoms with E-state index in [0.717, 1.165) is 27.7 Å². The van der Waals surface area contributed by atoms with Crippen molar-refractivity contribution in [2.24, 2.45) is 4.99 Å². The second-order valence-electron chi connectivity index (χ2n) is 6.22. The molecule has 0 aliphatic carbocycles. The van der Waals surface area contributed by atoms with Crippen molar-refractivity contribution in [3.63, 3.8) is 0 Å². The monoisotopic (exact) mass is 426 g/mol. The molecule has 1 aromatic heterocycles. The number of guanidine groups is 1. The summed E-state index contributed by atoms with van der Waals surface area (Å²) in [6.07, 6.45) is 0. The molecule has 7 nitrogen and oxygen atoms in total. The summed E-state index contributed by atoms with van der Waals surface area (Å²) in [5.74, 6) is 2.85. The number of hydrogen-bond acceptors (Lipinski definition) is 6. The number of aromatic nitrogens is 1. The van der Waals surface area contributed by atoms with E-state index in [0.29, 0.717) is 30.6 Å². The number of hydrogen-bond donors (Lipinski definition) is 2. The molecule has 2 N–H and O–H groups in total. The van der Waals surface area contributed by atoms with E-state index < -0.39 is 0 Å². The molecule has 3 aromatic rings. The van der Waals surface area contributed by atoms with Gasteiger partial charge in [-0.2, -0.15) is 0 Å². The van der Waals surface area contributed by atoms with Gasteiger partial charge in [0.2, 0.25) is 0 Å². The van der Waals surface area contributed by atoms with E-state index in [1.807, 2.05) is 54.8 Å². The number of rotatable bonds is 8. The predicted octanol–water partition coefficient (Wildman–Crippen LogP) is 4.41. The Kier molecular flexibility index (Phi) is 7.51. The lowest BCUT2D eigenvalue weighted by molar-refractivity contribution is 0.311. The Morgan fingerprint density at radius 3 is 2.53 bits per heavy atom. The molecule has 0 unspecified atom stereocenters. The van der Waals surface area contributed by atoms with Crippen LogP contribution in [-0.2, 0) is 6.54 Å². The maximum absolute atomic E-state index is 5.63. The fourth-order valence-corrected chi connectivity index (χ4v) is 3.59. The van der Waals surface area contributed by atoms with Crippen molar-refractivity contribution in [1.82, 2.24) is 10.3 Å². The molecule has 0 atom stereocenters. The number of benzene rings is 2. The zero-order chi connectivity index (χ0) is 21.3. The molecule has 2 aromatic carbocycles. The summed E-state index contributed by atoms with van der Waals surface area (Å²) in [6, 6.07) is 13.6. The van der Waals surface area contributed by atoms with Crippen LogP contribution < -0.4 is 24.8 Å². The van der Waals surface area contributed by atoms with Gasteiger partial charge in [0.05, 0.1) is 33.1 Å². The third-order valence-electron chi connectivity index (χ3n) is 4.28. The first-order valence-electron chi connectivity index (χ1n) is 9.54. The fraction of sp³-hybridized carbons (Fsp3) is 0.273. The van der Waals surface area contributed by atoms with Crippen molar-refractivity contribution in [3.8, 4) is 27.8 Å². The molecule has 0 aliphatic heterocycles. The Morgan fingerprint density at radius 1 is 1.07 bits per heavy atom. The summed E-state index contributed by atoms with van der Waals surface area (Å²) >= 11 is 1.61. The highest BCUT2D eigenvalue weighted by atomic mass is 32.1. The van der Waals surface area contributed by atoms with E-state index in [9.17, 15) is 0 Å². The van der Waals surface area contributed by atoms with Gasteiger partial charge < -0.3 is 24.8 Å². The summed E-state index contributed by atoms with van der Waals surface area (Å²) in [5, 5.41) is 9.56. The van der Waals surface area contributed by atoms with Crippen molar-refractivity contribution < 1.29 is 14.2 Å². The van der Waals surface area contributed by atoms with Crippen LogP contribution in [0.3, 0.4) is 0 Å². The minimum Gasteiger partial charge on any atom is -0.497 e. The minimum atomic E-state index is 0.556. The van der Waals surface area contributed by atoms with Crippen molar-refractivity contribution >= 4 is 23.0 Å². The Balaban J connectivity index is 1.62. The molecule has 0 radical (unpaired) electrons. The largest absolute Gasteiger partial charge is 0.497 e. The Labute approximate surface area is 180 Å². The molecule has 3 rings (SSSR count). The second-order valence-corrected chi connectivity index (χ2v) is 7.08. The topological polar surface area (TPSA) is 77.0 Å². The fourth-order valence-electron chi connectivity index (χ4n) is 2.77. The highest BCUT2D eigenvalue weighted by Crippen LogP contribution is 2.30. The van der Waals surface area contributed by atoms with Gasteiger partial charge in [-0.3, -0.25) is 4.99 Å². The van der Waals surface area contributed by atoms with Crippen molar-refractivity contribution in [3.05, 3.63) is 53.5 Å². The van der Waals surface area contributed by atoms with E-state index >= 15 is 0 Å². The molecule has 0 spiro atoms. The lowest BCUT2D eigenvalue weighted by Gasteiger charge is -2.14. The van der Waals surface area contributed by atoms with Gasteiger partial charge in [0, 0.05) is 29.7 Å². The van der Waals surface area contributed by atoms with Gasteiger partial charge >= 0.3 is 0 Å². The normalized spacial score (nSPS) is 11.1. The first kappa shape index (κ1) is 21.4. The first-order valence-corrected chi connectivity index (χ1v) is 10.4. The maximum atomic E-state index is 5.63. The standard InChI is InChI=1S/C22H26N4O3S/c1-5-29-20-12-16(8-11-19(20)28-4)26-22(23-2)24-13-17-14-30-21(25-17)15-6-9-18(27-3)10-7-15/h6-12,14H,5,13H2,1-4H3,(H2,23,24,26). The van der Waals surface area contributed by atoms with Gasteiger partial charge in [-0.15, -0.1) is 11.3 Å². The van der Waals surface area contributed by atoms with Crippen LogP contribution in [0.4, 0.5) is 5.69 Å². The van der Waals surface area contributed by atoms with Crippen molar-refractivity contribution in [1.29, 1.82) is 0 Å². The van der Waals surface area contributed by atoms with Crippen molar-refractivity contribution in [2.45, 2.75) is 13.5 Å². The smallest absolute Gasteiger partial charge is 0.195 e. The lowest BCUT2D eigenvalue weighted by Crippen LogP contribution is -2.30. The Bertz CT molecular complexity index is 986. The van der Waals surface area contributed by atoms with Gasteiger partial charge in [0.15, 0.2) is 17.5 Å². The minimum absolute atomic E-state index is 0.556. The molecule has 0 bridgehead atoms. The molecule has 158 valence electrons. The molecule has 1 heterocycles. The summed E-state index contributed by atoms with van der Waals surface area (Å²) in [4.78, 5) is 8.99. The number of ether oxygens (including phenoxy) is 3. The van der Waals surface area contributed by atoms with Crippen LogP contribution in [-0.4, -0.2) is 38.8 Å². The molecule has 30 heavy (non-hydrogen) atoms. The van der Waals surface area contributed by atoms with Crippen LogP contribution in [0.5, 0.6) is 17.2 Å². The van der Waals surface area contributed by atoms with Gasteiger partial charge in [0.1, 0.15) is 10.8 Å². The predicted molar refractivity (Wildman–Crippen MR) is 122 cm³/mol. The Hall–Kier alpha value is -3.26. The molecule has 0 fully saturated rings. The summed E-state index contributed by atoms with van der Waals surface area (Å²) in [6.45, 7) is 3.06. The van der Waals surface area contributed by atoms with Crippen molar-refractivity contribution in [2.75, 3.05) is 33.2 Å². The molecule has 0 aliphatic rings. The number of methoxy groups -OCH3 is 2. The number of nitrogens with zero attached hydrogens (tertiary/aromatic N) is 2. The third kappa shape index (κ3) is 5.42. The quantitative estimate of drug-likeness (QED) is 0.410. The van der Waals surface area contributed by atoms with Crippen LogP contribution in [0.1, 0.15) is 12.6 Å². The average Bonchev–Trinajstić information content (AvgIpc) is 3.26. The number of thiazole rings is 1. The van der Waals surface area contributed by atoms with Crippen LogP contribution in [0.2, 0.25) is 0 Å². The van der Waals surface area contributed by atoms with Gasteiger partial charge in [-0.05, 0) is 43.3 Å². The van der Waals surface area contributed by atoms with E-state index in [4.69, 9.17) is 19.2 Å². The summed E-state index contributed by atoms with van der Waals surface area (Å²) in [7, 11) is 5.01. The van der Waals surface area contributed by atoms with Crippen LogP contribution in [0.15, 0.2) is 52.8 Å². The van der Waals surface area contributed by atoms with E-state index in [1.54, 1.807) is 32.6 Å². The number of anilines is 1. The third-order valence-corrected chi connectivity index (χ3v) is 5.22. The van der Waals surface area contributed by atoms with Gasteiger partial charge in [-0.25, -0.2) is 4.98 Å². The Morgan fingerprint density at radius 2 is 1.87 bits per heavy atom. The highest BCUT2D eigenvalue weighted by molar-refractivity contribution is 7.13. The highest BCUT2D eigenvalue weighted by Gasteiger charge is 2.09. The molecule has 8 heteroatoms. The number of aliphatic imine (C=N–C) groups is 1. The van der Waals surface area contributed by atoms with E-state index in [1.165, 1.54) is 0 Å². The molecular formula is C22H26N4O3S. The summed E-state index contributed by atoms with van der Waals surface area (Å²) in [5.41, 5.74) is 2.86. The molecule has 0 amide bonds. The van der Waals surface area contributed by atoms with E-state index in [-0.39, 0.29) is 0 Å². The summed E-state index contributed by atoms with van der Waals surface area (Å²) < 4.78 is 16.2. The van der Waals surface area contributed by atoms with Crippen LogP contribution in [0, 0.1) is 0 Å².